The fraction of sp³-hybridized carbons (Fsp3) is 0.400. The number of nitrogens with zero attached hydrogens (tertiary/aromatic N) is 1. The van der Waals surface area contributed by atoms with Crippen molar-refractivity contribution < 1.29 is 19.1 Å². The summed E-state index contributed by atoms with van der Waals surface area (Å²) < 4.78 is 5.34. The number of carbonyl (C=O) groups is 3. The highest BCUT2D eigenvalue weighted by Crippen LogP contribution is 2.29. The summed E-state index contributed by atoms with van der Waals surface area (Å²) in [5.74, 6) is 0.0391. The van der Waals surface area contributed by atoms with Gasteiger partial charge in [0, 0.05) is 24.2 Å². The van der Waals surface area contributed by atoms with Crippen LogP contribution in [0.2, 0.25) is 0 Å². The van der Waals surface area contributed by atoms with Gasteiger partial charge < -0.3 is 20.7 Å². The summed E-state index contributed by atoms with van der Waals surface area (Å²) in [7, 11) is 1.53. The number of rotatable bonds is 7. The van der Waals surface area contributed by atoms with Crippen LogP contribution in [0.3, 0.4) is 0 Å². The molecule has 0 atom stereocenters. The monoisotopic (exact) mass is 452 g/mol. The number of ether oxygens (including phenoxy) is 1. The zero-order valence-electron chi connectivity index (χ0n) is 19.7. The maximum atomic E-state index is 12.9. The zero-order valence-corrected chi connectivity index (χ0v) is 19.7. The molecule has 0 spiro atoms. The summed E-state index contributed by atoms with van der Waals surface area (Å²) in [4.78, 5) is 38.7. The molecule has 1 heterocycles. The molecule has 0 bridgehead atoms. The molecule has 0 aliphatic carbocycles. The Balaban J connectivity index is 1.51. The third kappa shape index (κ3) is 7.05. The van der Waals surface area contributed by atoms with Gasteiger partial charge in [0.05, 0.1) is 19.3 Å². The van der Waals surface area contributed by atoms with Crippen molar-refractivity contribution in [1.82, 2.24) is 4.90 Å². The van der Waals surface area contributed by atoms with Crippen molar-refractivity contribution in [1.29, 1.82) is 0 Å². The Morgan fingerprint density at radius 3 is 2.21 bits per heavy atom. The molecular formula is C25H32N4O4. The Morgan fingerprint density at radius 1 is 0.939 bits per heavy atom. The molecule has 1 saturated heterocycles. The average molecular weight is 453 g/mol. The van der Waals surface area contributed by atoms with E-state index in [-0.39, 0.29) is 23.6 Å². The predicted octanol–water partition coefficient (Wildman–Crippen LogP) is 3.56. The van der Waals surface area contributed by atoms with Gasteiger partial charge in [-0.05, 0) is 81.2 Å². The van der Waals surface area contributed by atoms with Crippen LogP contribution in [0.4, 0.5) is 17.1 Å². The second kappa shape index (κ2) is 11.0. The molecule has 176 valence electrons. The van der Waals surface area contributed by atoms with Crippen molar-refractivity contribution in [2.75, 3.05) is 42.7 Å². The summed E-state index contributed by atoms with van der Waals surface area (Å²) in [5.41, 5.74) is 4.13. The van der Waals surface area contributed by atoms with Gasteiger partial charge in [0.2, 0.25) is 17.7 Å². The molecule has 0 unspecified atom stereocenters. The van der Waals surface area contributed by atoms with Crippen LogP contribution in [0, 0.1) is 19.8 Å². The highest BCUT2D eigenvalue weighted by molar-refractivity contribution is 5.96. The number of piperidine rings is 1. The minimum Gasteiger partial charge on any atom is -0.495 e. The molecular weight excluding hydrogens is 420 g/mol. The molecule has 2 aromatic carbocycles. The number of methoxy groups -OCH3 is 1. The third-order valence-electron chi connectivity index (χ3n) is 5.61. The molecule has 1 aliphatic rings. The van der Waals surface area contributed by atoms with Crippen LogP contribution in [0.25, 0.3) is 0 Å². The van der Waals surface area contributed by atoms with Crippen molar-refractivity contribution in [3.63, 3.8) is 0 Å². The van der Waals surface area contributed by atoms with Gasteiger partial charge in [-0.3, -0.25) is 19.3 Å². The van der Waals surface area contributed by atoms with Gasteiger partial charge in [0.25, 0.3) is 0 Å². The Labute approximate surface area is 194 Å². The molecule has 33 heavy (non-hydrogen) atoms. The van der Waals surface area contributed by atoms with E-state index in [2.05, 4.69) is 26.9 Å². The lowest BCUT2D eigenvalue weighted by molar-refractivity contribution is -0.121. The quantitative estimate of drug-likeness (QED) is 0.597. The molecule has 0 aromatic heterocycles. The van der Waals surface area contributed by atoms with E-state index in [0.29, 0.717) is 49.6 Å². The van der Waals surface area contributed by atoms with E-state index < -0.39 is 0 Å². The van der Waals surface area contributed by atoms with Crippen LogP contribution in [-0.4, -0.2) is 49.4 Å². The van der Waals surface area contributed by atoms with Gasteiger partial charge in [-0.25, -0.2) is 0 Å². The SMILES string of the molecule is COc1ccc(NC(C)=O)cc1NC(=O)C1CCN(CC(=O)Nc2cc(C)cc(C)c2)CC1. The molecule has 0 radical (unpaired) electrons. The molecule has 1 aliphatic heterocycles. The van der Waals surface area contributed by atoms with E-state index in [1.807, 2.05) is 26.0 Å². The molecule has 3 amide bonds. The zero-order chi connectivity index (χ0) is 24.0. The van der Waals surface area contributed by atoms with E-state index in [1.165, 1.54) is 14.0 Å². The standard InChI is InChI=1S/C25H32N4O4/c1-16-11-17(2)13-21(12-16)27-24(31)15-29-9-7-19(8-10-29)25(32)28-22-14-20(26-18(3)30)5-6-23(22)33-4/h5-6,11-14,19H,7-10,15H2,1-4H3,(H,26,30)(H,27,31)(H,28,32). The van der Waals surface area contributed by atoms with Crippen LogP contribution >= 0.6 is 0 Å². The van der Waals surface area contributed by atoms with Crippen LogP contribution in [-0.2, 0) is 14.4 Å². The summed E-state index contributed by atoms with van der Waals surface area (Å²) in [5, 5.41) is 8.60. The number of carbonyl (C=O) groups excluding carboxylic acids is 3. The minimum atomic E-state index is -0.189. The number of hydrogen-bond donors (Lipinski definition) is 3. The number of nitrogens with one attached hydrogen (secondary N) is 3. The van der Waals surface area contributed by atoms with Crippen LogP contribution in [0.1, 0.15) is 30.9 Å². The summed E-state index contributed by atoms with van der Waals surface area (Å²) >= 11 is 0. The molecule has 8 nitrogen and oxygen atoms in total. The van der Waals surface area contributed by atoms with E-state index >= 15 is 0 Å². The first-order valence-corrected chi connectivity index (χ1v) is 11.1. The van der Waals surface area contributed by atoms with E-state index in [1.54, 1.807) is 18.2 Å². The maximum absolute atomic E-state index is 12.9. The maximum Gasteiger partial charge on any atom is 0.238 e. The van der Waals surface area contributed by atoms with Crippen molar-refractivity contribution >= 4 is 34.8 Å². The number of hydrogen-bond acceptors (Lipinski definition) is 5. The highest BCUT2D eigenvalue weighted by atomic mass is 16.5. The Kier molecular flexibility index (Phi) is 8.06. The van der Waals surface area contributed by atoms with E-state index in [4.69, 9.17) is 4.74 Å². The number of aryl methyl sites for hydroxylation is 2. The van der Waals surface area contributed by atoms with Gasteiger partial charge >= 0.3 is 0 Å². The minimum absolute atomic E-state index is 0.0533. The van der Waals surface area contributed by atoms with Crippen LogP contribution in [0.15, 0.2) is 36.4 Å². The molecule has 8 heteroatoms. The number of anilines is 3. The lowest BCUT2D eigenvalue weighted by Gasteiger charge is -2.30. The third-order valence-corrected chi connectivity index (χ3v) is 5.61. The largest absolute Gasteiger partial charge is 0.495 e. The highest BCUT2D eigenvalue weighted by Gasteiger charge is 2.26. The fourth-order valence-corrected chi connectivity index (χ4v) is 4.13. The van der Waals surface area contributed by atoms with Gasteiger partial charge in [-0.1, -0.05) is 6.07 Å². The van der Waals surface area contributed by atoms with Gasteiger partial charge in [0.15, 0.2) is 0 Å². The van der Waals surface area contributed by atoms with E-state index in [9.17, 15) is 14.4 Å². The van der Waals surface area contributed by atoms with Crippen LogP contribution in [0.5, 0.6) is 5.75 Å². The number of likely N-dealkylation sites (tertiary alicyclic amines) is 1. The normalized spacial score (nSPS) is 14.4. The topological polar surface area (TPSA) is 99.8 Å². The number of benzene rings is 2. The van der Waals surface area contributed by atoms with Crippen molar-refractivity contribution in [3.8, 4) is 5.75 Å². The van der Waals surface area contributed by atoms with Crippen molar-refractivity contribution in [3.05, 3.63) is 47.5 Å². The smallest absolute Gasteiger partial charge is 0.238 e. The lowest BCUT2D eigenvalue weighted by Crippen LogP contribution is -2.41. The first-order chi connectivity index (χ1) is 15.7. The van der Waals surface area contributed by atoms with Crippen LogP contribution < -0.4 is 20.7 Å². The lowest BCUT2D eigenvalue weighted by atomic mass is 9.95. The predicted molar refractivity (Wildman–Crippen MR) is 130 cm³/mol. The van der Waals surface area contributed by atoms with Gasteiger partial charge in [-0.15, -0.1) is 0 Å². The Hall–Kier alpha value is -3.39. The first-order valence-electron chi connectivity index (χ1n) is 11.1. The molecule has 3 rings (SSSR count). The fourth-order valence-electron chi connectivity index (χ4n) is 4.13. The Morgan fingerprint density at radius 2 is 1.61 bits per heavy atom. The molecule has 0 saturated carbocycles. The molecule has 2 aromatic rings. The summed E-state index contributed by atoms with van der Waals surface area (Å²) in [6, 6.07) is 11.1. The second-order valence-corrected chi connectivity index (χ2v) is 8.56. The van der Waals surface area contributed by atoms with Crippen molar-refractivity contribution in [2.24, 2.45) is 5.92 Å². The molecule has 1 fully saturated rings. The van der Waals surface area contributed by atoms with Crippen molar-refractivity contribution in [2.45, 2.75) is 33.6 Å². The summed E-state index contributed by atoms with van der Waals surface area (Å²) in [6.45, 7) is 7.07. The summed E-state index contributed by atoms with van der Waals surface area (Å²) in [6.07, 6.45) is 1.33. The Bertz CT molecular complexity index is 1010. The first kappa shape index (κ1) is 24.3. The molecule has 3 N–H and O–H groups in total. The van der Waals surface area contributed by atoms with Gasteiger partial charge in [0.1, 0.15) is 5.75 Å². The van der Waals surface area contributed by atoms with Gasteiger partial charge in [-0.2, -0.15) is 0 Å². The number of amides is 3. The second-order valence-electron chi connectivity index (χ2n) is 8.56. The average Bonchev–Trinajstić information content (AvgIpc) is 2.73. The van der Waals surface area contributed by atoms with E-state index in [0.717, 1.165) is 16.8 Å².